The Morgan fingerprint density at radius 2 is 1.79 bits per heavy atom. The first-order chi connectivity index (χ1) is 16.4. The molecule has 2 aromatic heterocycles. The summed E-state index contributed by atoms with van der Waals surface area (Å²) in [6.45, 7) is 5.89. The van der Waals surface area contributed by atoms with Crippen molar-refractivity contribution in [3.63, 3.8) is 0 Å². The van der Waals surface area contributed by atoms with Crippen LogP contribution in [0.5, 0.6) is 0 Å². The summed E-state index contributed by atoms with van der Waals surface area (Å²) in [6, 6.07) is 11.4. The Labute approximate surface area is 207 Å². The number of hydrogen-bond donors (Lipinski definition) is 0. The van der Waals surface area contributed by atoms with Crippen LogP contribution in [0.3, 0.4) is 0 Å². The third kappa shape index (κ3) is 4.90. The van der Waals surface area contributed by atoms with Gasteiger partial charge >= 0.3 is 0 Å². The molecule has 6 nitrogen and oxygen atoms in total. The monoisotopic (exact) mass is 496 g/mol. The molecule has 1 aliphatic heterocycles. The Morgan fingerprint density at radius 3 is 2.47 bits per heavy atom. The standard InChI is InChI=1S/C25H25FN4O2S2/c1-3-12-28(13-4-2)22-19(23(31)29-14-6-5-7-21(29)27-22)15-20-24(32)30(25(33)34-20)16-17-8-10-18(26)11-9-17/h5-11,14-15H,3-4,12-13,16H2,1-2H3/b20-15-. The number of thioether (sulfide) groups is 1. The maximum Gasteiger partial charge on any atom is 0.267 e. The van der Waals surface area contributed by atoms with Crippen LogP contribution in [0.25, 0.3) is 11.7 Å². The van der Waals surface area contributed by atoms with Crippen LogP contribution in [0, 0.1) is 5.82 Å². The van der Waals surface area contributed by atoms with Gasteiger partial charge in [-0.15, -0.1) is 0 Å². The minimum Gasteiger partial charge on any atom is -0.356 e. The Morgan fingerprint density at radius 1 is 1.09 bits per heavy atom. The molecule has 4 rings (SSSR count). The summed E-state index contributed by atoms with van der Waals surface area (Å²) in [5.41, 5.74) is 1.46. The molecule has 0 atom stereocenters. The van der Waals surface area contributed by atoms with Gasteiger partial charge in [0.15, 0.2) is 0 Å². The summed E-state index contributed by atoms with van der Waals surface area (Å²) in [6.07, 6.45) is 5.09. The molecule has 0 saturated carbocycles. The third-order valence-electron chi connectivity index (χ3n) is 5.44. The van der Waals surface area contributed by atoms with Gasteiger partial charge in [0.05, 0.1) is 17.0 Å². The molecule has 176 valence electrons. The number of aromatic nitrogens is 2. The van der Waals surface area contributed by atoms with Crippen LogP contribution < -0.4 is 10.5 Å². The van der Waals surface area contributed by atoms with Gasteiger partial charge < -0.3 is 4.90 Å². The van der Waals surface area contributed by atoms with E-state index in [1.54, 1.807) is 36.5 Å². The zero-order chi connectivity index (χ0) is 24.2. The number of carbonyl (C=O) groups excluding carboxylic acids is 1. The van der Waals surface area contributed by atoms with Crippen LogP contribution in [0.4, 0.5) is 10.2 Å². The van der Waals surface area contributed by atoms with Crippen LogP contribution in [0.15, 0.2) is 58.4 Å². The topological polar surface area (TPSA) is 57.9 Å². The van der Waals surface area contributed by atoms with Gasteiger partial charge in [0.25, 0.3) is 11.5 Å². The fourth-order valence-electron chi connectivity index (χ4n) is 3.86. The van der Waals surface area contributed by atoms with E-state index in [9.17, 15) is 14.0 Å². The molecule has 0 radical (unpaired) electrons. The average Bonchev–Trinajstić information content (AvgIpc) is 3.09. The number of benzene rings is 1. The highest BCUT2D eigenvalue weighted by molar-refractivity contribution is 8.26. The molecule has 1 aromatic carbocycles. The lowest BCUT2D eigenvalue weighted by atomic mass is 10.2. The summed E-state index contributed by atoms with van der Waals surface area (Å²) in [5.74, 6) is -0.0429. The van der Waals surface area contributed by atoms with E-state index >= 15 is 0 Å². The van der Waals surface area contributed by atoms with Gasteiger partial charge in [-0.2, -0.15) is 0 Å². The van der Waals surface area contributed by atoms with Crippen molar-refractivity contribution in [3.05, 3.63) is 80.9 Å². The number of rotatable bonds is 8. The van der Waals surface area contributed by atoms with Crippen molar-refractivity contribution >= 4 is 51.7 Å². The molecule has 0 spiro atoms. The smallest absolute Gasteiger partial charge is 0.267 e. The molecule has 0 unspecified atom stereocenters. The zero-order valence-electron chi connectivity index (χ0n) is 19.0. The molecule has 34 heavy (non-hydrogen) atoms. The van der Waals surface area contributed by atoms with E-state index in [-0.39, 0.29) is 23.8 Å². The van der Waals surface area contributed by atoms with Crippen molar-refractivity contribution < 1.29 is 9.18 Å². The van der Waals surface area contributed by atoms with Crippen LogP contribution in [-0.2, 0) is 11.3 Å². The molecular formula is C25H25FN4O2S2. The Bertz CT molecular complexity index is 1310. The highest BCUT2D eigenvalue weighted by Gasteiger charge is 2.33. The van der Waals surface area contributed by atoms with E-state index in [1.807, 2.05) is 6.07 Å². The van der Waals surface area contributed by atoms with Crippen LogP contribution >= 0.6 is 24.0 Å². The molecule has 9 heteroatoms. The molecular weight excluding hydrogens is 471 g/mol. The minimum absolute atomic E-state index is 0.235. The van der Waals surface area contributed by atoms with Crippen molar-refractivity contribution in [1.29, 1.82) is 0 Å². The summed E-state index contributed by atoms with van der Waals surface area (Å²) in [7, 11) is 0. The number of thiocarbonyl (C=S) groups is 1. The van der Waals surface area contributed by atoms with E-state index in [4.69, 9.17) is 17.2 Å². The molecule has 0 N–H and O–H groups in total. The van der Waals surface area contributed by atoms with E-state index in [1.165, 1.54) is 21.4 Å². The molecule has 3 aromatic rings. The number of anilines is 1. The second-order valence-electron chi connectivity index (χ2n) is 7.96. The van der Waals surface area contributed by atoms with Gasteiger partial charge in [-0.25, -0.2) is 9.37 Å². The van der Waals surface area contributed by atoms with Crippen molar-refractivity contribution in [1.82, 2.24) is 14.3 Å². The summed E-state index contributed by atoms with van der Waals surface area (Å²) < 4.78 is 15.1. The SMILES string of the molecule is CCCN(CCC)c1nc2ccccn2c(=O)c1/C=C1\SC(=S)N(Cc2ccc(F)cc2)C1=O. The van der Waals surface area contributed by atoms with Crippen LogP contribution in [0.1, 0.15) is 37.8 Å². The van der Waals surface area contributed by atoms with Gasteiger partial charge in [-0.3, -0.25) is 18.9 Å². The number of pyridine rings is 1. The fraction of sp³-hybridized carbons (Fsp3) is 0.280. The summed E-state index contributed by atoms with van der Waals surface area (Å²) in [5, 5.41) is 0. The predicted molar refractivity (Wildman–Crippen MR) is 139 cm³/mol. The summed E-state index contributed by atoms with van der Waals surface area (Å²) in [4.78, 5) is 35.5. The molecule has 1 aliphatic rings. The predicted octanol–water partition coefficient (Wildman–Crippen LogP) is 4.86. The Balaban J connectivity index is 1.77. The lowest BCUT2D eigenvalue weighted by Gasteiger charge is -2.24. The number of halogens is 1. The maximum atomic E-state index is 13.5. The number of nitrogens with zero attached hydrogens (tertiary/aromatic N) is 4. The third-order valence-corrected chi connectivity index (χ3v) is 6.82. The van der Waals surface area contributed by atoms with Crippen LogP contribution in [0.2, 0.25) is 0 Å². The highest BCUT2D eigenvalue weighted by Crippen LogP contribution is 2.34. The van der Waals surface area contributed by atoms with E-state index in [0.29, 0.717) is 26.3 Å². The second kappa shape index (κ2) is 10.5. The van der Waals surface area contributed by atoms with Crippen molar-refractivity contribution in [2.24, 2.45) is 0 Å². The largest absolute Gasteiger partial charge is 0.356 e. The number of hydrogen-bond acceptors (Lipinski definition) is 6. The maximum absolute atomic E-state index is 13.5. The molecule has 0 bridgehead atoms. The normalized spacial score (nSPS) is 15.0. The second-order valence-corrected chi connectivity index (χ2v) is 9.64. The summed E-state index contributed by atoms with van der Waals surface area (Å²) >= 11 is 6.62. The zero-order valence-corrected chi connectivity index (χ0v) is 20.7. The Kier molecular flexibility index (Phi) is 7.43. The van der Waals surface area contributed by atoms with Crippen molar-refractivity contribution in [2.45, 2.75) is 33.2 Å². The van der Waals surface area contributed by atoms with Crippen molar-refractivity contribution in [2.75, 3.05) is 18.0 Å². The van der Waals surface area contributed by atoms with Gasteiger partial charge in [0, 0.05) is 19.3 Å². The van der Waals surface area contributed by atoms with Gasteiger partial charge in [0.1, 0.15) is 21.6 Å². The highest BCUT2D eigenvalue weighted by atomic mass is 32.2. The molecule has 1 amide bonds. The Hall–Kier alpha value is -3.04. The van der Waals surface area contributed by atoms with Crippen molar-refractivity contribution in [3.8, 4) is 0 Å². The minimum atomic E-state index is -0.338. The first-order valence-corrected chi connectivity index (χ1v) is 12.4. The molecule has 3 heterocycles. The number of fused-ring (bicyclic) bond motifs is 1. The van der Waals surface area contributed by atoms with E-state index in [0.717, 1.165) is 43.3 Å². The molecule has 1 saturated heterocycles. The first-order valence-electron chi connectivity index (χ1n) is 11.2. The fourth-order valence-corrected chi connectivity index (χ4v) is 5.10. The van der Waals surface area contributed by atoms with Crippen LogP contribution in [-0.4, -0.2) is 37.6 Å². The lowest BCUT2D eigenvalue weighted by Crippen LogP contribution is -2.31. The number of carbonyl (C=O) groups is 1. The van der Waals surface area contributed by atoms with Gasteiger partial charge in [0.2, 0.25) is 0 Å². The van der Waals surface area contributed by atoms with E-state index < -0.39 is 0 Å². The van der Waals surface area contributed by atoms with Gasteiger partial charge in [-0.1, -0.05) is 56.0 Å². The quantitative estimate of drug-likeness (QED) is 0.328. The first kappa shape index (κ1) is 24.1. The average molecular weight is 497 g/mol. The number of amides is 1. The molecule has 1 fully saturated rings. The lowest BCUT2D eigenvalue weighted by molar-refractivity contribution is -0.122. The van der Waals surface area contributed by atoms with Gasteiger partial charge in [-0.05, 0) is 48.7 Å². The molecule has 0 aliphatic carbocycles. The van der Waals surface area contributed by atoms with E-state index in [2.05, 4.69) is 18.7 Å².